The summed E-state index contributed by atoms with van der Waals surface area (Å²) in [4.78, 5) is 35.5. The van der Waals surface area contributed by atoms with E-state index in [0.717, 1.165) is 114 Å². The van der Waals surface area contributed by atoms with Crippen molar-refractivity contribution in [1.82, 2.24) is 14.8 Å². The largest absolute Gasteiger partial charge is 0.497 e. The summed E-state index contributed by atoms with van der Waals surface area (Å²) in [6.07, 6.45) is 6.21. The molecule has 4 aliphatic rings. The van der Waals surface area contributed by atoms with Crippen molar-refractivity contribution in [2.24, 2.45) is 0 Å². The average molecular weight is 537 g/mol. The van der Waals surface area contributed by atoms with E-state index in [1.54, 1.807) is 7.11 Å². The van der Waals surface area contributed by atoms with E-state index < -0.39 is 0 Å². The van der Waals surface area contributed by atoms with E-state index in [4.69, 9.17) is 4.74 Å². The molecule has 3 aliphatic heterocycles. The zero-order chi connectivity index (χ0) is 27.4. The Morgan fingerprint density at radius 1 is 1.00 bits per heavy atom. The molecular formula is C33H36N4O3. The van der Waals surface area contributed by atoms with Gasteiger partial charge >= 0.3 is 0 Å². The maximum atomic E-state index is 14.0. The van der Waals surface area contributed by atoms with E-state index in [1.807, 2.05) is 43.3 Å². The lowest BCUT2D eigenvalue weighted by molar-refractivity contribution is -0.110. The summed E-state index contributed by atoms with van der Waals surface area (Å²) in [7, 11) is 1.66. The molecule has 0 bridgehead atoms. The molecule has 2 saturated heterocycles. The summed E-state index contributed by atoms with van der Waals surface area (Å²) >= 11 is 0. The molecule has 1 aromatic heterocycles. The van der Waals surface area contributed by atoms with Gasteiger partial charge in [0.05, 0.1) is 18.2 Å². The summed E-state index contributed by atoms with van der Waals surface area (Å²) in [5.41, 5.74) is 9.38. The number of hydrogen-bond acceptors (Lipinski definition) is 4. The molecule has 3 aromatic rings. The van der Waals surface area contributed by atoms with Gasteiger partial charge in [-0.05, 0) is 99.0 Å². The highest BCUT2D eigenvalue weighted by Crippen LogP contribution is 2.45. The predicted molar refractivity (Wildman–Crippen MR) is 157 cm³/mol. The first-order chi connectivity index (χ1) is 19.5. The Morgan fingerprint density at radius 2 is 1.77 bits per heavy atom. The number of hydrogen-bond donors (Lipinski definition) is 2. The number of amides is 2. The molecule has 4 heterocycles. The number of methoxy groups -OCH3 is 1. The van der Waals surface area contributed by atoms with Crippen LogP contribution in [0.25, 0.3) is 22.3 Å². The number of benzene rings is 2. The van der Waals surface area contributed by atoms with Crippen molar-refractivity contribution in [3.05, 3.63) is 70.5 Å². The normalized spacial score (nSPS) is 22.1. The van der Waals surface area contributed by atoms with Crippen LogP contribution >= 0.6 is 0 Å². The fraction of sp³-hybridized carbons (Fsp3) is 0.394. The topological polar surface area (TPSA) is 77.7 Å². The molecule has 40 heavy (non-hydrogen) atoms. The fourth-order valence-corrected chi connectivity index (χ4v) is 7.23. The number of allylic oxidation sites excluding steroid dienone is 1. The average Bonchev–Trinajstić information content (AvgIpc) is 3.79. The summed E-state index contributed by atoms with van der Waals surface area (Å²) in [6, 6.07) is 14.4. The van der Waals surface area contributed by atoms with Crippen LogP contribution in [-0.4, -0.2) is 65.9 Å². The molecule has 0 unspecified atom stereocenters. The number of carbonyl (C=O) groups excluding carboxylic acids is 2. The van der Waals surface area contributed by atoms with Crippen LogP contribution in [0.2, 0.25) is 0 Å². The van der Waals surface area contributed by atoms with Gasteiger partial charge in [0.1, 0.15) is 5.75 Å². The quantitative estimate of drug-likeness (QED) is 0.422. The second-order valence-corrected chi connectivity index (χ2v) is 11.6. The minimum absolute atomic E-state index is 0.0740. The van der Waals surface area contributed by atoms with Crippen molar-refractivity contribution in [1.29, 1.82) is 0 Å². The first kappa shape index (κ1) is 25.1. The van der Waals surface area contributed by atoms with Crippen molar-refractivity contribution < 1.29 is 14.3 Å². The molecular weight excluding hydrogens is 500 g/mol. The molecule has 2 fully saturated rings. The number of nitrogens with one attached hydrogen (secondary N) is 2. The molecule has 206 valence electrons. The third-order valence-corrected chi connectivity index (χ3v) is 9.23. The number of rotatable bonds is 5. The summed E-state index contributed by atoms with van der Waals surface area (Å²) in [6.45, 7) is 6.13. The van der Waals surface area contributed by atoms with Crippen molar-refractivity contribution in [2.45, 2.75) is 51.5 Å². The lowest BCUT2D eigenvalue weighted by Gasteiger charge is -2.29. The lowest BCUT2D eigenvalue weighted by atomic mass is 9.96. The molecule has 7 nitrogen and oxygen atoms in total. The number of anilines is 1. The molecule has 7 heteroatoms. The number of aromatic nitrogens is 1. The number of H-pyrrole nitrogens is 1. The SMILES string of the molecule is COc1ccc(-c2ccc3c(c2)NC(=O)C3=C2CCc3c2[nH]c(C)c3C(=O)N2CCC[C@H]2CN2CCCC2)cc1. The van der Waals surface area contributed by atoms with E-state index in [-0.39, 0.29) is 11.8 Å². The second kappa shape index (κ2) is 9.97. The highest BCUT2D eigenvalue weighted by Gasteiger charge is 2.38. The Hall–Kier alpha value is -3.84. The third-order valence-electron chi connectivity index (χ3n) is 9.23. The van der Waals surface area contributed by atoms with Gasteiger partial charge < -0.3 is 24.8 Å². The van der Waals surface area contributed by atoms with Gasteiger partial charge in [-0.1, -0.05) is 24.3 Å². The minimum atomic E-state index is -0.0740. The smallest absolute Gasteiger partial charge is 0.256 e. The Balaban J connectivity index is 1.20. The van der Waals surface area contributed by atoms with Crippen LogP contribution in [0.4, 0.5) is 5.69 Å². The molecule has 1 atom stereocenters. The van der Waals surface area contributed by atoms with E-state index in [9.17, 15) is 9.59 Å². The number of aryl methyl sites for hydroxylation is 1. The summed E-state index contributed by atoms with van der Waals surface area (Å²) in [5, 5.41) is 3.10. The van der Waals surface area contributed by atoms with Crippen molar-refractivity contribution in [3.8, 4) is 16.9 Å². The number of aromatic amines is 1. The van der Waals surface area contributed by atoms with Gasteiger partial charge in [0.15, 0.2) is 0 Å². The van der Waals surface area contributed by atoms with Crippen molar-refractivity contribution in [3.63, 3.8) is 0 Å². The Morgan fingerprint density at radius 3 is 2.55 bits per heavy atom. The second-order valence-electron chi connectivity index (χ2n) is 11.6. The number of carbonyl (C=O) groups is 2. The van der Waals surface area contributed by atoms with Gasteiger partial charge in [0, 0.05) is 41.8 Å². The van der Waals surface area contributed by atoms with Crippen LogP contribution in [-0.2, 0) is 11.2 Å². The van der Waals surface area contributed by atoms with E-state index >= 15 is 0 Å². The number of fused-ring (bicyclic) bond motifs is 2. The van der Waals surface area contributed by atoms with Gasteiger partial charge in [-0.15, -0.1) is 0 Å². The molecule has 0 spiro atoms. The summed E-state index contributed by atoms with van der Waals surface area (Å²) in [5.74, 6) is 0.895. The van der Waals surface area contributed by atoms with Gasteiger partial charge in [0.2, 0.25) is 0 Å². The number of nitrogens with zero attached hydrogens (tertiary/aromatic N) is 2. The summed E-state index contributed by atoms with van der Waals surface area (Å²) < 4.78 is 5.29. The first-order valence-electron chi connectivity index (χ1n) is 14.6. The molecule has 2 aromatic carbocycles. The highest BCUT2D eigenvalue weighted by atomic mass is 16.5. The maximum absolute atomic E-state index is 14.0. The maximum Gasteiger partial charge on any atom is 0.256 e. The number of likely N-dealkylation sites (tertiary alicyclic amines) is 2. The molecule has 0 radical (unpaired) electrons. The van der Waals surface area contributed by atoms with Gasteiger partial charge in [-0.3, -0.25) is 9.59 Å². The predicted octanol–water partition coefficient (Wildman–Crippen LogP) is 5.51. The van der Waals surface area contributed by atoms with E-state index in [0.29, 0.717) is 6.04 Å². The van der Waals surface area contributed by atoms with Crippen LogP contribution in [0.5, 0.6) is 5.75 Å². The lowest BCUT2D eigenvalue weighted by Crippen LogP contribution is -2.42. The van der Waals surface area contributed by atoms with Crippen molar-refractivity contribution >= 4 is 28.6 Å². The monoisotopic (exact) mass is 536 g/mol. The first-order valence-corrected chi connectivity index (χ1v) is 14.6. The van der Waals surface area contributed by atoms with Gasteiger partial charge in [-0.2, -0.15) is 0 Å². The van der Waals surface area contributed by atoms with E-state index in [1.165, 1.54) is 12.8 Å². The Bertz CT molecular complexity index is 1530. The van der Waals surface area contributed by atoms with Gasteiger partial charge in [-0.25, -0.2) is 0 Å². The molecule has 7 rings (SSSR count). The molecule has 2 amide bonds. The van der Waals surface area contributed by atoms with Crippen LogP contribution in [0.15, 0.2) is 42.5 Å². The third kappa shape index (κ3) is 4.15. The molecule has 1 aliphatic carbocycles. The molecule has 0 saturated carbocycles. The Labute approximate surface area is 235 Å². The zero-order valence-corrected chi connectivity index (χ0v) is 23.3. The van der Waals surface area contributed by atoms with Crippen LogP contribution in [0.1, 0.15) is 65.0 Å². The fourth-order valence-electron chi connectivity index (χ4n) is 7.23. The Kier molecular flexibility index (Phi) is 6.27. The van der Waals surface area contributed by atoms with Crippen LogP contribution < -0.4 is 10.1 Å². The van der Waals surface area contributed by atoms with Crippen LogP contribution in [0.3, 0.4) is 0 Å². The van der Waals surface area contributed by atoms with E-state index in [2.05, 4.69) is 26.2 Å². The van der Waals surface area contributed by atoms with Crippen molar-refractivity contribution in [2.75, 3.05) is 38.6 Å². The standard InChI is InChI=1S/C33H36N4O3/c1-20-29(33(39)37-17-5-6-23(37)19-36-15-3-4-16-36)26-13-14-27(31(26)34-20)30-25-12-9-22(18-28(25)35-32(30)38)21-7-10-24(40-2)11-8-21/h7-12,18,23,34H,3-6,13-17,19H2,1-2H3,(H,35,38)/t23-/m0/s1. The zero-order valence-electron chi connectivity index (χ0n) is 23.3. The molecule has 2 N–H and O–H groups in total. The highest BCUT2D eigenvalue weighted by molar-refractivity contribution is 6.37. The van der Waals surface area contributed by atoms with Crippen LogP contribution in [0, 0.1) is 6.92 Å². The number of ether oxygens (including phenoxy) is 1. The minimum Gasteiger partial charge on any atom is -0.497 e. The van der Waals surface area contributed by atoms with Gasteiger partial charge in [0.25, 0.3) is 11.8 Å².